The Morgan fingerprint density at radius 1 is 1.11 bits per heavy atom. The van der Waals surface area contributed by atoms with Gasteiger partial charge in [0.1, 0.15) is 5.76 Å². The molecule has 140 valence electrons. The Bertz CT molecular complexity index is 956. The highest BCUT2D eigenvalue weighted by Crippen LogP contribution is 2.34. The Kier molecular flexibility index (Phi) is 4.83. The molecule has 1 aliphatic heterocycles. The van der Waals surface area contributed by atoms with E-state index < -0.39 is 0 Å². The van der Waals surface area contributed by atoms with Gasteiger partial charge in [-0.1, -0.05) is 12.1 Å². The molecule has 0 atom stereocenters. The van der Waals surface area contributed by atoms with E-state index in [1.165, 1.54) is 0 Å². The van der Waals surface area contributed by atoms with Gasteiger partial charge in [-0.25, -0.2) is 0 Å². The maximum absolute atomic E-state index is 12.6. The molecule has 1 aromatic heterocycles. The first-order valence-corrected chi connectivity index (χ1v) is 8.97. The van der Waals surface area contributed by atoms with E-state index >= 15 is 0 Å². The molecule has 3 aromatic rings. The van der Waals surface area contributed by atoms with E-state index in [4.69, 9.17) is 19.6 Å². The number of methoxy groups -OCH3 is 1. The molecule has 1 saturated heterocycles. The van der Waals surface area contributed by atoms with Crippen molar-refractivity contribution in [3.63, 3.8) is 0 Å². The van der Waals surface area contributed by atoms with Crippen molar-refractivity contribution < 1.29 is 18.7 Å². The van der Waals surface area contributed by atoms with Gasteiger partial charge in [0, 0.05) is 24.0 Å². The average Bonchev–Trinajstić information content (AvgIpc) is 3.16. The van der Waals surface area contributed by atoms with Crippen LogP contribution in [0.5, 0.6) is 5.75 Å². The summed E-state index contributed by atoms with van der Waals surface area (Å²) in [6.45, 7) is 2.81. The number of nitrogens with zero attached hydrogens (tertiary/aromatic N) is 1. The van der Waals surface area contributed by atoms with Crippen LogP contribution in [0.3, 0.4) is 0 Å². The monoisotopic (exact) mass is 366 g/mol. The topological polar surface area (TPSA) is 77.9 Å². The number of furan rings is 1. The summed E-state index contributed by atoms with van der Waals surface area (Å²) in [5, 5.41) is 0.943. The van der Waals surface area contributed by atoms with Crippen LogP contribution in [-0.2, 0) is 11.3 Å². The molecule has 0 unspecified atom stereocenters. The van der Waals surface area contributed by atoms with Gasteiger partial charge in [0.05, 0.1) is 26.9 Å². The van der Waals surface area contributed by atoms with Crippen LogP contribution in [0.25, 0.3) is 22.1 Å². The van der Waals surface area contributed by atoms with Gasteiger partial charge in [0.2, 0.25) is 0 Å². The van der Waals surface area contributed by atoms with Gasteiger partial charge >= 0.3 is 0 Å². The maximum Gasteiger partial charge on any atom is 0.254 e. The average molecular weight is 366 g/mol. The van der Waals surface area contributed by atoms with Crippen molar-refractivity contribution in [3.05, 3.63) is 53.8 Å². The molecular formula is C21H22N2O4. The molecule has 2 aromatic carbocycles. The summed E-state index contributed by atoms with van der Waals surface area (Å²) in [4.78, 5) is 14.4. The Morgan fingerprint density at radius 3 is 2.52 bits per heavy atom. The molecule has 0 radical (unpaired) electrons. The molecule has 6 heteroatoms. The minimum absolute atomic E-state index is 0.0419. The molecule has 0 spiro atoms. The van der Waals surface area contributed by atoms with Crippen LogP contribution in [0.15, 0.2) is 46.9 Å². The number of carbonyl (C=O) groups is 1. The van der Waals surface area contributed by atoms with E-state index in [2.05, 4.69) is 0 Å². The summed E-state index contributed by atoms with van der Waals surface area (Å²) in [6.07, 6.45) is 0. The first-order valence-electron chi connectivity index (χ1n) is 8.97. The zero-order valence-corrected chi connectivity index (χ0v) is 15.2. The van der Waals surface area contributed by atoms with Crippen molar-refractivity contribution in [3.8, 4) is 16.9 Å². The Morgan fingerprint density at radius 2 is 1.85 bits per heavy atom. The van der Waals surface area contributed by atoms with Gasteiger partial charge in [0.25, 0.3) is 5.91 Å². The number of fused-ring (bicyclic) bond motifs is 1. The number of rotatable bonds is 4. The van der Waals surface area contributed by atoms with E-state index in [0.717, 1.165) is 16.5 Å². The lowest BCUT2D eigenvalue weighted by atomic mass is 10.0. The molecule has 0 aliphatic carbocycles. The quantitative estimate of drug-likeness (QED) is 0.768. The smallest absolute Gasteiger partial charge is 0.254 e. The third-order valence-corrected chi connectivity index (χ3v) is 4.82. The number of amides is 1. The first-order chi connectivity index (χ1) is 13.2. The number of morpholine rings is 1. The predicted octanol–water partition coefficient (Wildman–Crippen LogP) is 3.04. The van der Waals surface area contributed by atoms with Crippen molar-refractivity contribution in [2.75, 3.05) is 33.4 Å². The standard InChI is InChI=1S/C21H22N2O4/c1-25-19-12-16(10-17-11-18(13-22)27-20(17)19)14-2-4-15(5-3-14)21(24)23-6-8-26-9-7-23/h2-5,10-12H,6-9,13,22H2,1H3. The maximum atomic E-state index is 12.6. The normalized spacial score (nSPS) is 14.5. The lowest BCUT2D eigenvalue weighted by Crippen LogP contribution is -2.40. The van der Waals surface area contributed by atoms with Crippen molar-refractivity contribution in [1.29, 1.82) is 0 Å². The van der Waals surface area contributed by atoms with Gasteiger partial charge in [-0.3, -0.25) is 4.79 Å². The van der Waals surface area contributed by atoms with Crippen LogP contribution < -0.4 is 10.5 Å². The molecular weight excluding hydrogens is 344 g/mol. The zero-order chi connectivity index (χ0) is 18.8. The van der Waals surface area contributed by atoms with Gasteiger partial charge in [0.15, 0.2) is 11.3 Å². The fourth-order valence-electron chi connectivity index (χ4n) is 3.35. The van der Waals surface area contributed by atoms with Crippen molar-refractivity contribution in [1.82, 2.24) is 4.90 Å². The molecule has 4 rings (SSSR count). The lowest BCUT2D eigenvalue weighted by Gasteiger charge is -2.26. The number of nitrogens with two attached hydrogens (primary N) is 1. The Hall–Kier alpha value is -2.83. The molecule has 2 heterocycles. The number of hydrogen-bond acceptors (Lipinski definition) is 5. The third kappa shape index (κ3) is 3.41. The molecule has 2 N–H and O–H groups in total. The highest BCUT2D eigenvalue weighted by Gasteiger charge is 2.18. The SMILES string of the molecule is COc1cc(-c2ccc(C(=O)N3CCOCC3)cc2)cc2cc(CN)oc12. The van der Waals surface area contributed by atoms with Crippen molar-refractivity contribution in [2.45, 2.75) is 6.54 Å². The van der Waals surface area contributed by atoms with Gasteiger partial charge < -0.3 is 24.5 Å². The second kappa shape index (κ2) is 7.42. The molecule has 1 amide bonds. The van der Waals surface area contributed by atoms with Crippen LogP contribution in [0.2, 0.25) is 0 Å². The van der Waals surface area contributed by atoms with Crippen LogP contribution in [0, 0.1) is 0 Å². The highest BCUT2D eigenvalue weighted by atomic mass is 16.5. The largest absolute Gasteiger partial charge is 0.493 e. The Balaban J connectivity index is 1.64. The summed E-state index contributed by atoms with van der Waals surface area (Å²) < 4.78 is 16.5. The summed E-state index contributed by atoms with van der Waals surface area (Å²) in [6, 6.07) is 13.5. The minimum atomic E-state index is 0.0419. The van der Waals surface area contributed by atoms with E-state index in [1.807, 2.05) is 47.4 Å². The van der Waals surface area contributed by atoms with Crippen molar-refractivity contribution in [2.24, 2.45) is 5.73 Å². The molecule has 0 bridgehead atoms. The molecule has 27 heavy (non-hydrogen) atoms. The van der Waals surface area contributed by atoms with Crippen LogP contribution in [-0.4, -0.2) is 44.2 Å². The van der Waals surface area contributed by atoms with Gasteiger partial charge in [-0.2, -0.15) is 0 Å². The van der Waals surface area contributed by atoms with Gasteiger partial charge in [-0.15, -0.1) is 0 Å². The second-order valence-electron chi connectivity index (χ2n) is 6.50. The molecule has 0 saturated carbocycles. The molecule has 1 aliphatic rings. The second-order valence-corrected chi connectivity index (χ2v) is 6.50. The summed E-state index contributed by atoms with van der Waals surface area (Å²) in [5.41, 5.74) is 9.06. The summed E-state index contributed by atoms with van der Waals surface area (Å²) >= 11 is 0. The molecule has 6 nitrogen and oxygen atoms in total. The number of hydrogen-bond donors (Lipinski definition) is 1. The first kappa shape index (κ1) is 17.6. The fourth-order valence-corrected chi connectivity index (χ4v) is 3.35. The van der Waals surface area contributed by atoms with E-state index in [0.29, 0.717) is 55.5 Å². The third-order valence-electron chi connectivity index (χ3n) is 4.82. The van der Waals surface area contributed by atoms with Crippen LogP contribution in [0.4, 0.5) is 0 Å². The van der Waals surface area contributed by atoms with E-state index in [9.17, 15) is 4.79 Å². The zero-order valence-electron chi connectivity index (χ0n) is 15.2. The van der Waals surface area contributed by atoms with Crippen LogP contribution >= 0.6 is 0 Å². The van der Waals surface area contributed by atoms with E-state index in [-0.39, 0.29) is 5.91 Å². The summed E-state index contributed by atoms with van der Waals surface area (Å²) in [5.74, 6) is 1.42. The summed E-state index contributed by atoms with van der Waals surface area (Å²) in [7, 11) is 1.62. The molecule has 1 fully saturated rings. The number of ether oxygens (including phenoxy) is 2. The number of benzene rings is 2. The predicted molar refractivity (Wildman–Crippen MR) is 103 cm³/mol. The fraction of sp³-hybridized carbons (Fsp3) is 0.286. The minimum Gasteiger partial charge on any atom is -0.493 e. The van der Waals surface area contributed by atoms with E-state index in [1.54, 1.807) is 7.11 Å². The number of carbonyl (C=O) groups excluding carboxylic acids is 1. The van der Waals surface area contributed by atoms with Gasteiger partial charge in [-0.05, 0) is 41.5 Å². The van der Waals surface area contributed by atoms with Crippen LogP contribution in [0.1, 0.15) is 16.1 Å². The lowest BCUT2D eigenvalue weighted by molar-refractivity contribution is 0.0303. The Labute approximate surface area is 157 Å². The highest BCUT2D eigenvalue weighted by molar-refractivity contribution is 5.95. The van der Waals surface area contributed by atoms with Crippen molar-refractivity contribution >= 4 is 16.9 Å².